The Balaban J connectivity index is 1.41. The molecule has 0 aliphatic carbocycles. The number of benzene rings is 2. The van der Waals surface area contributed by atoms with E-state index >= 15 is 0 Å². The van der Waals surface area contributed by atoms with E-state index in [2.05, 4.69) is 15.6 Å². The van der Waals surface area contributed by atoms with Crippen LogP contribution in [0.25, 0.3) is 0 Å². The summed E-state index contributed by atoms with van der Waals surface area (Å²) in [6.45, 7) is 0.593. The van der Waals surface area contributed by atoms with Gasteiger partial charge in [-0.25, -0.2) is 4.39 Å². The highest BCUT2D eigenvalue weighted by atomic mass is 35.5. The number of carbonyl (C=O) groups is 1. The van der Waals surface area contributed by atoms with Crippen molar-refractivity contribution in [2.75, 3.05) is 5.32 Å². The highest BCUT2D eigenvalue weighted by Crippen LogP contribution is 2.26. The molecule has 0 bridgehead atoms. The van der Waals surface area contributed by atoms with E-state index in [4.69, 9.17) is 16.4 Å². The molecule has 142 valence electrons. The number of nitrogens with one attached hydrogen (secondary N) is 1. The fraction of sp³-hybridized carbons (Fsp3) is 0.150. The number of amides is 1. The van der Waals surface area contributed by atoms with Crippen molar-refractivity contribution in [3.05, 3.63) is 82.9 Å². The first-order valence-electron chi connectivity index (χ1n) is 8.64. The number of carbonyl (C=O) groups excluding carboxylic acids is 1. The summed E-state index contributed by atoms with van der Waals surface area (Å²) in [4.78, 5) is 17.8. The highest BCUT2D eigenvalue weighted by molar-refractivity contribution is 6.34. The number of hydrogen-bond acceptors (Lipinski definition) is 4. The third-order valence-electron chi connectivity index (χ3n) is 4.31. The van der Waals surface area contributed by atoms with Crippen molar-refractivity contribution in [3.8, 4) is 0 Å². The molecule has 4 rings (SSSR count). The first kappa shape index (κ1) is 18.2. The molecule has 6 nitrogen and oxygen atoms in total. The average Bonchev–Trinajstić information content (AvgIpc) is 3.34. The topological polar surface area (TPSA) is 68.5 Å². The molecule has 0 saturated heterocycles. The Morgan fingerprint density at radius 2 is 2.14 bits per heavy atom. The van der Waals surface area contributed by atoms with Crippen molar-refractivity contribution in [1.82, 2.24) is 9.78 Å². The van der Waals surface area contributed by atoms with Gasteiger partial charge in [-0.2, -0.15) is 5.10 Å². The van der Waals surface area contributed by atoms with Crippen LogP contribution in [0.3, 0.4) is 0 Å². The van der Waals surface area contributed by atoms with Gasteiger partial charge in [-0.1, -0.05) is 35.0 Å². The molecule has 2 heterocycles. The van der Waals surface area contributed by atoms with Gasteiger partial charge in [0.1, 0.15) is 5.82 Å². The zero-order chi connectivity index (χ0) is 19.5. The van der Waals surface area contributed by atoms with Gasteiger partial charge in [0.15, 0.2) is 0 Å². The van der Waals surface area contributed by atoms with E-state index in [0.717, 1.165) is 5.56 Å². The van der Waals surface area contributed by atoms with Crippen molar-refractivity contribution in [3.63, 3.8) is 0 Å². The number of hydrogen-bond donors (Lipinski definition) is 1. The molecule has 1 unspecified atom stereocenters. The summed E-state index contributed by atoms with van der Waals surface area (Å²) in [5.74, 6) is -0.857. The van der Waals surface area contributed by atoms with Crippen LogP contribution in [0.1, 0.15) is 17.5 Å². The van der Waals surface area contributed by atoms with Crippen molar-refractivity contribution in [2.24, 2.45) is 5.16 Å². The van der Waals surface area contributed by atoms with Crippen LogP contribution in [0.15, 0.2) is 66.1 Å². The van der Waals surface area contributed by atoms with Crippen molar-refractivity contribution in [1.29, 1.82) is 0 Å². The highest BCUT2D eigenvalue weighted by Gasteiger charge is 2.31. The van der Waals surface area contributed by atoms with E-state index in [1.54, 1.807) is 23.0 Å². The number of aromatic nitrogens is 2. The molecule has 1 atom stereocenters. The van der Waals surface area contributed by atoms with Gasteiger partial charge in [0.05, 0.1) is 22.8 Å². The second-order valence-electron chi connectivity index (χ2n) is 6.33. The first-order chi connectivity index (χ1) is 13.6. The molecule has 1 aromatic heterocycles. The molecule has 0 saturated carbocycles. The van der Waals surface area contributed by atoms with Gasteiger partial charge in [0.25, 0.3) is 5.91 Å². The quantitative estimate of drug-likeness (QED) is 0.709. The minimum absolute atomic E-state index is 0.138. The van der Waals surface area contributed by atoms with E-state index in [1.165, 1.54) is 12.1 Å². The normalized spacial score (nSPS) is 15.8. The standard InChI is InChI=1S/C20H16ClFN4O2/c21-15-6-2-7-16(22)19(15)17-11-18(28-25-17)20(27)24-14-5-1-4-13(10-14)12-26-9-3-8-23-26/h1-10,18H,11-12H2,(H,24,27). The van der Waals surface area contributed by atoms with Crippen LogP contribution in [-0.2, 0) is 16.2 Å². The number of halogens is 2. The average molecular weight is 399 g/mol. The monoisotopic (exact) mass is 398 g/mol. The summed E-state index contributed by atoms with van der Waals surface area (Å²) in [7, 11) is 0. The fourth-order valence-electron chi connectivity index (χ4n) is 2.99. The summed E-state index contributed by atoms with van der Waals surface area (Å²) in [5.41, 5.74) is 2.11. The molecule has 1 aliphatic heterocycles. The summed E-state index contributed by atoms with van der Waals surface area (Å²) >= 11 is 6.06. The van der Waals surface area contributed by atoms with Crippen LogP contribution in [0.2, 0.25) is 5.02 Å². The van der Waals surface area contributed by atoms with Gasteiger partial charge >= 0.3 is 0 Å². The molecular weight excluding hydrogens is 383 g/mol. The minimum atomic E-state index is -0.847. The van der Waals surface area contributed by atoms with Gasteiger partial charge in [0, 0.05) is 24.5 Å². The molecule has 8 heteroatoms. The van der Waals surface area contributed by atoms with Crippen LogP contribution in [0.4, 0.5) is 10.1 Å². The van der Waals surface area contributed by atoms with Gasteiger partial charge < -0.3 is 10.2 Å². The molecule has 1 N–H and O–H groups in total. The lowest BCUT2D eigenvalue weighted by Crippen LogP contribution is -2.28. The Morgan fingerprint density at radius 1 is 1.29 bits per heavy atom. The van der Waals surface area contributed by atoms with Crippen LogP contribution in [-0.4, -0.2) is 27.5 Å². The van der Waals surface area contributed by atoms with E-state index < -0.39 is 11.9 Å². The zero-order valence-corrected chi connectivity index (χ0v) is 15.4. The molecule has 0 radical (unpaired) electrons. The maximum absolute atomic E-state index is 14.0. The lowest BCUT2D eigenvalue weighted by molar-refractivity contribution is -0.125. The van der Waals surface area contributed by atoms with Gasteiger partial charge in [-0.3, -0.25) is 9.48 Å². The first-order valence-corrected chi connectivity index (χ1v) is 9.02. The smallest absolute Gasteiger partial charge is 0.268 e. The van der Waals surface area contributed by atoms with Crippen molar-refractivity contribution < 1.29 is 14.0 Å². The number of oxime groups is 1. The molecular formula is C20H16ClFN4O2. The number of nitrogens with zero attached hydrogens (tertiary/aromatic N) is 3. The predicted octanol–water partition coefficient (Wildman–Crippen LogP) is 3.86. The maximum atomic E-state index is 14.0. The largest absolute Gasteiger partial charge is 0.382 e. The van der Waals surface area contributed by atoms with E-state index in [1.807, 2.05) is 30.5 Å². The lowest BCUT2D eigenvalue weighted by atomic mass is 10.0. The molecule has 0 spiro atoms. The van der Waals surface area contributed by atoms with E-state index in [9.17, 15) is 9.18 Å². The minimum Gasteiger partial charge on any atom is -0.382 e. The van der Waals surface area contributed by atoms with Gasteiger partial charge in [-0.05, 0) is 35.9 Å². The fourth-order valence-corrected chi connectivity index (χ4v) is 3.26. The lowest BCUT2D eigenvalue weighted by Gasteiger charge is -2.11. The Morgan fingerprint density at radius 3 is 2.93 bits per heavy atom. The molecule has 0 fully saturated rings. The maximum Gasteiger partial charge on any atom is 0.268 e. The van der Waals surface area contributed by atoms with Crippen LogP contribution in [0, 0.1) is 5.82 Å². The Bertz CT molecular complexity index is 1020. The Hall–Kier alpha value is -3.19. The van der Waals surface area contributed by atoms with E-state index in [-0.39, 0.29) is 22.9 Å². The number of anilines is 1. The zero-order valence-electron chi connectivity index (χ0n) is 14.7. The second-order valence-corrected chi connectivity index (χ2v) is 6.73. The van der Waals surface area contributed by atoms with Gasteiger partial charge in [0.2, 0.25) is 6.10 Å². The molecule has 2 aromatic carbocycles. The van der Waals surface area contributed by atoms with Crippen LogP contribution < -0.4 is 5.32 Å². The Kier molecular flexibility index (Phi) is 5.08. The van der Waals surface area contributed by atoms with Crippen LogP contribution in [0.5, 0.6) is 0 Å². The molecule has 28 heavy (non-hydrogen) atoms. The van der Waals surface area contributed by atoms with Gasteiger partial charge in [-0.15, -0.1) is 0 Å². The predicted molar refractivity (Wildman–Crippen MR) is 104 cm³/mol. The SMILES string of the molecule is O=C(Nc1cccc(Cn2cccn2)c1)C1CC(c2c(F)cccc2Cl)=NO1. The second kappa shape index (κ2) is 7.82. The van der Waals surface area contributed by atoms with Crippen LogP contribution >= 0.6 is 11.6 Å². The third kappa shape index (κ3) is 3.89. The summed E-state index contributed by atoms with van der Waals surface area (Å²) in [6.07, 6.45) is 2.87. The van der Waals surface area contributed by atoms with Crippen molar-refractivity contribution in [2.45, 2.75) is 19.1 Å². The third-order valence-corrected chi connectivity index (χ3v) is 4.63. The molecule has 1 amide bonds. The Labute approximate surface area is 165 Å². The summed E-state index contributed by atoms with van der Waals surface area (Å²) in [5, 5.41) is 11.1. The number of rotatable bonds is 5. The summed E-state index contributed by atoms with van der Waals surface area (Å²) in [6, 6.07) is 13.7. The van der Waals surface area contributed by atoms with E-state index in [0.29, 0.717) is 17.9 Å². The molecule has 3 aromatic rings. The molecule has 1 aliphatic rings. The summed E-state index contributed by atoms with van der Waals surface area (Å²) < 4.78 is 15.8. The van der Waals surface area contributed by atoms with Crippen molar-refractivity contribution >= 4 is 28.9 Å².